The van der Waals surface area contributed by atoms with E-state index in [1.54, 1.807) is 25.1 Å². The van der Waals surface area contributed by atoms with E-state index in [-0.39, 0.29) is 17.0 Å². The molecule has 2 rings (SSSR count). The van der Waals surface area contributed by atoms with Crippen LogP contribution >= 0.6 is 0 Å². The topological polar surface area (TPSA) is 81.7 Å². The molecule has 0 aliphatic heterocycles. The number of methoxy groups -OCH3 is 1. The lowest BCUT2D eigenvalue weighted by atomic mass is 10.1. The van der Waals surface area contributed by atoms with Gasteiger partial charge in [-0.3, -0.25) is 0 Å². The minimum atomic E-state index is -3.78. The van der Waals surface area contributed by atoms with Gasteiger partial charge in [0.25, 0.3) is 0 Å². The van der Waals surface area contributed by atoms with Gasteiger partial charge in [0.05, 0.1) is 24.2 Å². The highest BCUT2D eigenvalue weighted by Crippen LogP contribution is 2.20. The molecule has 0 unspecified atom stereocenters. The number of para-hydroxylation sites is 1. The van der Waals surface area contributed by atoms with E-state index in [1.807, 2.05) is 19.1 Å². The normalized spacial score (nSPS) is 11.2. The number of carbonyl (C=O) groups is 1. The second kappa shape index (κ2) is 8.13. The zero-order chi connectivity index (χ0) is 18.4. The predicted octanol–water partition coefficient (Wildman–Crippen LogP) is 2.66. The molecule has 1 N–H and O–H groups in total. The van der Waals surface area contributed by atoms with Crippen LogP contribution in [-0.2, 0) is 21.3 Å². The summed E-state index contributed by atoms with van der Waals surface area (Å²) in [6.07, 6.45) is 0. The first-order valence-corrected chi connectivity index (χ1v) is 9.26. The molecule has 0 saturated heterocycles. The molecule has 0 aromatic heterocycles. The molecule has 134 valence electrons. The molecule has 25 heavy (non-hydrogen) atoms. The molecule has 0 bridgehead atoms. The van der Waals surface area contributed by atoms with Crippen LogP contribution in [0.15, 0.2) is 47.4 Å². The lowest BCUT2D eigenvalue weighted by Gasteiger charge is -2.12. The molecule has 0 aliphatic rings. The Morgan fingerprint density at radius 3 is 2.56 bits per heavy atom. The van der Waals surface area contributed by atoms with Crippen LogP contribution in [0.5, 0.6) is 5.75 Å². The van der Waals surface area contributed by atoms with Gasteiger partial charge in [-0.15, -0.1) is 0 Å². The van der Waals surface area contributed by atoms with Crippen LogP contribution in [0.25, 0.3) is 0 Å². The molecule has 6 nitrogen and oxygen atoms in total. The van der Waals surface area contributed by atoms with Crippen molar-refractivity contribution < 1.29 is 22.7 Å². The number of sulfonamides is 1. The van der Waals surface area contributed by atoms with Crippen LogP contribution in [0, 0.1) is 6.92 Å². The summed E-state index contributed by atoms with van der Waals surface area (Å²) in [4.78, 5) is 11.8. The Balaban J connectivity index is 2.24. The van der Waals surface area contributed by atoms with Gasteiger partial charge in [0, 0.05) is 12.1 Å². The third-order valence-corrected chi connectivity index (χ3v) is 5.05. The Labute approximate surface area is 147 Å². The fourth-order valence-electron chi connectivity index (χ4n) is 2.30. The van der Waals surface area contributed by atoms with E-state index in [0.29, 0.717) is 17.9 Å². The number of benzene rings is 2. The van der Waals surface area contributed by atoms with Gasteiger partial charge in [0.15, 0.2) is 0 Å². The Bertz CT molecular complexity index is 862. The van der Waals surface area contributed by atoms with Crippen LogP contribution in [0.1, 0.15) is 28.4 Å². The van der Waals surface area contributed by atoms with E-state index in [9.17, 15) is 13.2 Å². The number of hydrogen-bond donors (Lipinski definition) is 1. The fraction of sp³-hybridized carbons (Fsp3) is 0.278. The van der Waals surface area contributed by atoms with Crippen molar-refractivity contribution in [3.05, 3.63) is 59.2 Å². The van der Waals surface area contributed by atoms with Gasteiger partial charge in [-0.25, -0.2) is 17.9 Å². The van der Waals surface area contributed by atoms with Crippen molar-refractivity contribution >= 4 is 16.0 Å². The quantitative estimate of drug-likeness (QED) is 0.765. The number of aryl methyl sites for hydroxylation is 1. The molecule has 2 aromatic carbocycles. The monoisotopic (exact) mass is 363 g/mol. The van der Waals surface area contributed by atoms with Crippen LogP contribution in [0.3, 0.4) is 0 Å². The van der Waals surface area contributed by atoms with Crippen LogP contribution in [0.2, 0.25) is 0 Å². The highest BCUT2D eigenvalue weighted by atomic mass is 32.2. The standard InChI is InChI=1S/C18H21NO5S/c1-4-24-17-8-6-5-7-14(17)12-19-25(21,22)15-10-9-13(2)16(11-15)18(20)23-3/h5-11,19H,4,12H2,1-3H3. The van der Waals surface area contributed by atoms with Crippen molar-refractivity contribution in [3.63, 3.8) is 0 Å². The maximum absolute atomic E-state index is 12.5. The molecular weight excluding hydrogens is 342 g/mol. The van der Waals surface area contributed by atoms with Gasteiger partial charge in [0.1, 0.15) is 5.75 Å². The lowest BCUT2D eigenvalue weighted by Crippen LogP contribution is -2.24. The minimum Gasteiger partial charge on any atom is -0.494 e. The van der Waals surface area contributed by atoms with Gasteiger partial charge in [0.2, 0.25) is 10.0 Å². The highest BCUT2D eigenvalue weighted by Gasteiger charge is 2.18. The predicted molar refractivity (Wildman–Crippen MR) is 94.2 cm³/mol. The third kappa shape index (κ3) is 4.58. The van der Waals surface area contributed by atoms with Gasteiger partial charge in [-0.2, -0.15) is 0 Å². The minimum absolute atomic E-state index is 0.00684. The van der Waals surface area contributed by atoms with E-state index in [2.05, 4.69) is 9.46 Å². The van der Waals surface area contributed by atoms with Crippen molar-refractivity contribution in [2.45, 2.75) is 25.3 Å². The largest absolute Gasteiger partial charge is 0.494 e. The van der Waals surface area contributed by atoms with E-state index in [1.165, 1.54) is 19.2 Å². The molecule has 7 heteroatoms. The summed E-state index contributed by atoms with van der Waals surface area (Å²) in [6, 6.07) is 11.6. The summed E-state index contributed by atoms with van der Waals surface area (Å²) in [7, 11) is -2.53. The highest BCUT2D eigenvalue weighted by molar-refractivity contribution is 7.89. The van der Waals surface area contributed by atoms with Crippen molar-refractivity contribution in [3.8, 4) is 5.75 Å². The number of nitrogens with one attached hydrogen (secondary N) is 1. The van der Waals surface area contributed by atoms with Crippen molar-refractivity contribution in [2.24, 2.45) is 0 Å². The molecule has 0 fully saturated rings. The first-order valence-electron chi connectivity index (χ1n) is 7.78. The summed E-state index contributed by atoms with van der Waals surface area (Å²) in [6.45, 7) is 4.15. The number of esters is 1. The summed E-state index contributed by atoms with van der Waals surface area (Å²) in [5.74, 6) is 0.0584. The van der Waals surface area contributed by atoms with Crippen LogP contribution in [-0.4, -0.2) is 28.1 Å². The lowest BCUT2D eigenvalue weighted by molar-refractivity contribution is 0.0599. The second-order valence-electron chi connectivity index (χ2n) is 5.33. The zero-order valence-electron chi connectivity index (χ0n) is 14.4. The smallest absolute Gasteiger partial charge is 0.338 e. The average Bonchev–Trinajstić information content (AvgIpc) is 2.61. The Morgan fingerprint density at radius 2 is 1.88 bits per heavy atom. The molecule has 0 atom stereocenters. The maximum atomic E-state index is 12.5. The average molecular weight is 363 g/mol. The Kier molecular flexibility index (Phi) is 6.17. The van der Waals surface area contributed by atoms with Crippen molar-refractivity contribution in [1.82, 2.24) is 4.72 Å². The summed E-state index contributed by atoms with van der Waals surface area (Å²) < 4.78 is 37.8. The van der Waals surface area contributed by atoms with Crippen molar-refractivity contribution in [1.29, 1.82) is 0 Å². The second-order valence-corrected chi connectivity index (χ2v) is 7.10. The maximum Gasteiger partial charge on any atom is 0.338 e. The number of rotatable bonds is 7. The zero-order valence-corrected chi connectivity index (χ0v) is 15.2. The van der Waals surface area contributed by atoms with E-state index < -0.39 is 16.0 Å². The van der Waals surface area contributed by atoms with E-state index in [4.69, 9.17) is 4.74 Å². The van der Waals surface area contributed by atoms with Crippen LogP contribution < -0.4 is 9.46 Å². The Morgan fingerprint density at radius 1 is 1.16 bits per heavy atom. The van der Waals surface area contributed by atoms with E-state index in [0.717, 1.165) is 5.56 Å². The summed E-state index contributed by atoms with van der Waals surface area (Å²) >= 11 is 0. The molecule has 0 spiro atoms. The fourth-order valence-corrected chi connectivity index (χ4v) is 3.33. The molecule has 0 saturated carbocycles. The van der Waals surface area contributed by atoms with E-state index >= 15 is 0 Å². The number of ether oxygens (including phenoxy) is 2. The molecule has 0 heterocycles. The van der Waals surface area contributed by atoms with Gasteiger partial charge in [-0.1, -0.05) is 24.3 Å². The number of hydrogen-bond acceptors (Lipinski definition) is 5. The van der Waals surface area contributed by atoms with Gasteiger partial charge in [-0.05, 0) is 37.6 Å². The first kappa shape index (κ1) is 19.0. The SMILES string of the molecule is CCOc1ccccc1CNS(=O)(=O)c1ccc(C)c(C(=O)OC)c1. The van der Waals surface area contributed by atoms with Gasteiger partial charge >= 0.3 is 5.97 Å². The Hall–Kier alpha value is -2.38. The molecular formula is C18H21NO5S. The molecule has 0 aliphatic carbocycles. The van der Waals surface area contributed by atoms with Crippen molar-refractivity contribution in [2.75, 3.05) is 13.7 Å². The third-order valence-electron chi connectivity index (χ3n) is 3.65. The summed E-state index contributed by atoms with van der Waals surface area (Å²) in [5, 5.41) is 0. The first-order chi connectivity index (χ1) is 11.9. The molecule has 2 aromatic rings. The van der Waals surface area contributed by atoms with Crippen LogP contribution in [0.4, 0.5) is 0 Å². The summed E-state index contributed by atoms with van der Waals surface area (Å²) in [5.41, 5.74) is 1.60. The van der Waals surface area contributed by atoms with Gasteiger partial charge < -0.3 is 9.47 Å². The molecule has 0 radical (unpaired) electrons. The molecule has 0 amide bonds. The number of carbonyl (C=O) groups excluding carboxylic acids is 1.